The van der Waals surface area contributed by atoms with Crippen molar-refractivity contribution in [2.24, 2.45) is 11.7 Å². The zero-order chi connectivity index (χ0) is 15.1. The van der Waals surface area contributed by atoms with E-state index in [4.69, 9.17) is 15.2 Å². The van der Waals surface area contributed by atoms with Gasteiger partial charge in [0.25, 0.3) is 0 Å². The highest BCUT2D eigenvalue weighted by molar-refractivity contribution is 5.31. The average molecular weight is 292 g/mol. The number of nitrogens with two attached hydrogens (primary N) is 1. The first kappa shape index (κ1) is 16.1. The van der Waals surface area contributed by atoms with Gasteiger partial charge in [0.2, 0.25) is 0 Å². The second-order valence-electron chi connectivity index (χ2n) is 5.71. The number of ether oxygens (including phenoxy) is 2. The minimum absolute atomic E-state index is 0.502. The van der Waals surface area contributed by atoms with E-state index in [-0.39, 0.29) is 0 Å². The first-order chi connectivity index (χ1) is 10.2. The predicted molar refractivity (Wildman–Crippen MR) is 85.9 cm³/mol. The fourth-order valence-corrected chi connectivity index (χ4v) is 3.07. The third kappa shape index (κ3) is 4.61. The first-order valence-corrected chi connectivity index (χ1v) is 8.04. The molecule has 1 aliphatic rings. The van der Waals surface area contributed by atoms with Gasteiger partial charge in [-0.05, 0) is 56.5 Å². The Morgan fingerprint density at radius 3 is 2.48 bits per heavy atom. The van der Waals surface area contributed by atoms with Crippen LogP contribution in [0.25, 0.3) is 0 Å². The Hall–Kier alpha value is -1.26. The molecule has 1 aromatic rings. The highest BCUT2D eigenvalue weighted by atomic mass is 16.5. The van der Waals surface area contributed by atoms with Gasteiger partial charge in [-0.1, -0.05) is 6.92 Å². The largest absolute Gasteiger partial charge is 0.494 e. The third-order valence-electron chi connectivity index (χ3n) is 4.25. The van der Waals surface area contributed by atoms with Crippen molar-refractivity contribution >= 4 is 0 Å². The van der Waals surface area contributed by atoms with E-state index in [0.717, 1.165) is 31.1 Å². The van der Waals surface area contributed by atoms with Gasteiger partial charge in [0.15, 0.2) is 0 Å². The van der Waals surface area contributed by atoms with Gasteiger partial charge in [0.05, 0.1) is 6.61 Å². The van der Waals surface area contributed by atoms with Crippen LogP contribution < -0.4 is 15.2 Å². The summed E-state index contributed by atoms with van der Waals surface area (Å²) in [4.78, 5) is 2.47. The molecule has 21 heavy (non-hydrogen) atoms. The number of hydrogen-bond donors (Lipinski definition) is 1. The van der Waals surface area contributed by atoms with E-state index >= 15 is 0 Å². The Balaban J connectivity index is 1.77. The molecule has 2 rings (SSSR count). The summed E-state index contributed by atoms with van der Waals surface area (Å²) in [5.41, 5.74) is 5.92. The van der Waals surface area contributed by atoms with E-state index < -0.39 is 0 Å². The van der Waals surface area contributed by atoms with Crippen LogP contribution in [-0.4, -0.2) is 43.8 Å². The van der Waals surface area contributed by atoms with E-state index in [0.29, 0.717) is 25.2 Å². The van der Waals surface area contributed by atoms with Crippen molar-refractivity contribution < 1.29 is 9.47 Å². The molecule has 1 aliphatic heterocycles. The molecule has 4 nitrogen and oxygen atoms in total. The molecule has 0 aliphatic carbocycles. The van der Waals surface area contributed by atoms with Gasteiger partial charge in [0, 0.05) is 19.1 Å². The maximum atomic E-state index is 5.92. The monoisotopic (exact) mass is 292 g/mol. The molecule has 0 amide bonds. The summed E-state index contributed by atoms with van der Waals surface area (Å²) in [7, 11) is 0. The Bertz CT molecular complexity index is 408. The second kappa shape index (κ2) is 8.25. The minimum Gasteiger partial charge on any atom is -0.494 e. The molecule has 118 valence electrons. The van der Waals surface area contributed by atoms with Gasteiger partial charge >= 0.3 is 0 Å². The SMILES string of the molecule is CCOc1ccc(OCCN2CCCC(C)C2CN)cc1. The maximum Gasteiger partial charge on any atom is 0.119 e. The number of benzene rings is 1. The van der Waals surface area contributed by atoms with Crippen molar-refractivity contribution in [2.45, 2.75) is 32.7 Å². The summed E-state index contributed by atoms with van der Waals surface area (Å²) >= 11 is 0. The van der Waals surface area contributed by atoms with Crippen LogP contribution in [0.5, 0.6) is 11.5 Å². The van der Waals surface area contributed by atoms with Crippen molar-refractivity contribution in [1.29, 1.82) is 0 Å². The van der Waals surface area contributed by atoms with Crippen LogP contribution in [0.3, 0.4) is 0 Å². The average Bonchev–Trinajstić information content (AvgIpc) is 2.49. The molecule has 0 spiro atoms. The molecule has 4 heteroatoms. The van der Waals surface area contributed by atoms with Crippen LogP contribution in [-0.2, 0) is 0 Å². The van der Waals surface area contributed by atoms with Crippen LogP contribution in [0.4, 0.5) is 0 Å². The molecule has 1 fully saturated rings. The molecule has 2 atom stereocenters. The molecule has 1 saturated heterocycles. The summed E-state index contributed by atoms with van der Waals surface area (Å²) < 4.78 is 11.3. The summed E-state index contributed by atoms with van der Waals surface area (Å²) in [6.45, 7) is 8.50. The lowest BCUT2D eigenvalue weighted by Crippen LogP contribution is -2.49. The van der Waals surface area contributed by atoms with Crippen molar-refractivity contribution in [3.8, 4) is 11.5 Å². The van der Waals surface area contributed by atoms with Crippen LogP contribution in [0.1, 0.15) is 26.7 Å². The zero-order valence-corrected chi connectivity index (χ0v) is 13.3. The maximum absolute atomic E-state index is 5.92. The fourth-order valence-electron chi connectivity index (χ4n) is 3.07. The molecule has 1 heterocycles. The minimum atomic E-state index is 0.502. The number of rotatable bonds is 7. The lowest BCUT2D eigenvalue weighted by molar-refractivity contribution is 0.0895. The lowest BCUT2D eigenvalue weighted by Gasteiger charge is -2.39. The van der Waals surface area contributed by atoms with Crippen LogP contribution >= 0.6 is 0 Å². The number of nitrogens with zero attached hydrogens (tertiary/aromatic N) is 1. The van der Waals surface area contributed by atoms with E-state index in [1.165, 1.54) is 12.8 Å². The van der Waals surface area contributed by atoms with Crippen molar-refractivity contribution in [3.63, 3.8) is 0 Å². The van der Waals surface area contributed by atoms with Gasteiger partial charge < -0.3 is 15.2 Å². The summed E-state index contributed by atoms with van der Waals surface area (Å²) in [6.07, 6.45) is 2.55. The normalized spacial score (nSPS) is 23.0. The topological polar surface area (TPSA) is 47.7 Å². The van der Waals surface area contributed by atoms with E-state index in [2.05, 4.69) is 11.8 Å². The summed E-state index contributed by atoms with van der Waals surface area (Å²) in [5.74, 6) is 2.47. The van der Waals surface area contributed by atoms with Gasteiger partial charge in [-0.2, -0.15) is 0 Å². The van der Waals surface area contributed by atoms with Crippen molar-refractivity contribution in [2.75, 3.05) is 32.8 Å². The number of hydrogen-bond acceptors (Lipinski definition) is 4. The van der Waals surface area contributed by atoms with E-state index in [1.807, 2.05) is 31.2 Å². The zero-order valence-electron chi connectivity index (χ0n) is 13.3. The highest BCUT2D eigenvalue weighted by Crippen LogP contribution is 2.22. The Kier molecular flexibility index (Phi) is 6.33. The van der Waals surface area contributed by atoms with Crippen molar-refractivity contribution in [3.05, 3.63) is 24.3 Å². The van der Waals surface area contributed by atoms with Gasteiger partial charge in [0.1, 0.15) is 18.1 Å². The molecule has 0 bridgehead atoms. The smallest absolute Gasteiger partial charge is 0.119 e. The molecular formula is C17H28N2O2. The Morgan fingerprint density at radius 2 is 1.86 bits per heavy atom. The summed E-state index contributed by atoms with van der Waals surface area (Å²) in [5, 5.41) is 0. The molecular weight excluding hydrogens is 264 g/mol. The molecule has 1 aromatic carbocycles. The second-order valence-corrected chi connectivity index (χ2v) is 5.71. The quantitative estimate of drug-likeness (QED) is 0.839. The molecule has 0 radical (unpaired) electrons. The van der Waals surface area contributed by atoms with Crippen molar-refractivity contribution in [1.82, 2.24) is 4.90 Å². The predicted octanol–water partition coefficient (Wildman–Crippen LogP) is 2.52. The molecule has 2 unspecified atom stereocenters. The molecule has 0 saturated carbocycles. The van der Waals surface area contributed by atoms with Gasteiger partial charge in [-0.25, -0.2) is 0 Å². The van der Waals surface area contributed by atoms with E-state index in [9.17, 15) is 0 Å². The number of piperidine rings is 1. The van der Waals surface area contributed by atoms with Crippen LogP contribution in [0.15, 0.2) is 24.3 Å². The van der Waals surface area contributed by atoms with Crippen LogP contribution in [0, 0.1) is 5.92 Å². The van der Waals surface area contributed by atoms with Gasteiger partial charge in [-0.3, -0.25) is 4.90 Å². The molecule has 0 aromatic heterocycles. The Labute approximate surface area is 128 Å². The summed E-state index contributed by atoms with van der Waals surface area (Å²) in [6, 6.07) is 8.33. The number of likely N-dealkylation sites (tertiary alicyclic amines) is 1. The van der Waals surface area contributed by atoms with E-state index in [1.54, 1.807) is 0 Å². The molecule has 2 N–H and O–H groups in total. The van der Waals surface area contributed by atoms with Crippen LogP contribution in [0.2, 0.25) is 0 Å². The standard InChI is InChI=1S/C17H28N2O2/c1-3-20-15-6-8-16(9-7-15)21-12-11-19-10-4-5-14(2)17(19)13-18/h6-9,14,17H,3-5,10-13,18H2,1-2H3. The Morgan fingerprint density at radius 1 is 1.19 bits per heavy atom. The van der Waals surface area contributed by atoms with Gasteiger partial charge in [-0.15, -0.1) is 0 Å². The lowest BCUT2D eigenvalue weighted by atomic mass is 9.91. The third-order valence-corrected chi connectivity index (χ3v) is 4.25. The highest BCUT2D eigenvalue weighted by Gasteiger charge is 2.26. The first-order valence-electron chi connectivity index (χ1n) is 8.04. The fraction of sp³-hybridized carbons (Fsp3) is 0.647.